The van der Waals surface area contributed by atoms with E-state index in [1.807, 2.05) is 0 Å². The molecule has 1 aliphatic heterocycles. The molecule has 1 aliphatic rings. The standard InChI is InChI=1S/C15H14N4O4/c1-22-9-5-2-3-6-10(9)23-11-14(20)18-13(19-15(11)21)12-16-7-4-8-17-12/h2-8,11,13H,1H3,(H,18,20)(H,19,21)/i13D/hD2. The second-order valence-corrected chi connectivity index (χ2v) is 4.44. The van der Waals surface area contributed by atoms with Gasteiger partial charge in [0.15, 0.2) is 26.3 Å². The van der Waals surface area contributed by atoms with Crippen LogP contribution in [0.15, 0.2) is 42.7 Å². The number of nitrogens with zero attached hydrogens (tertiary/aromatic N) is 2. The summed E-state index contributed by atoms with van der Waals surface area (Å²) in [5.41, 5.74) is 0. The molecule has 0 spiro atoms. The molecule has 3 rings (SSSR count). The van der Waals surface area contributed by atoms with Gasteiger partial charge in [-0.05, 0) is 18.2 Å². The molecule has 0 radical (unpaired) electrons. The van der Waals surface area contributed by atoms with E-state index < -0.39 is 24.1 Å². The van der Waals surface area contributed by atoms with E-state index >= 15 is 0 Å². The van der Waals surface area contributed by atoms with Crippen molar-refractivity contribution in [2.24, 2.45) is 0 Å². The number of hydrogen-bond donors (Lipinski definition) is 2. The molecule has 8 heteroatoms. The van der Waals surface area contributed by atoms with Gasteiger partial charge in [-0.15, -0.1) is 0 Å². The average molecular weight is 317 g/mol. The highest BCUT2D eigenvalue weighted by Crippen LogP contribution is 2.27. The number of aromatic nitrogens is 2. The van der Waals surface area contributed by atoms with Crippen LogP contribution in [0.2, 0.25) is 2.82 Å². The van der Waals surface area contributed by atoms with Gasteiger partial charge in [-0.2, -0.15) is 0 Å². The minimum absolute atomic E-state index is 0.0944. The Balaban J connectivity index is 1.96. The van der Waals surface area contributed by atoms with Crippen LogP contribution in [0.1, 0.15) is 13.3 Å². The molecule has 0 aliphatic carbocycles. The molecule has 0 unspecified atom stereocenters. The van der Waals surface area contributed by atoms with Gasteiger partial charge in [0, 0.05) is 12.4 Å². The van der Waals surface area contributed by atoms with Crippen LogP contribution < -0.4 is 20.1 Å². The zero-order chi connectivity index (χ0) is 18.9. The van der Waals surface area contributed by atoms with Crippen molar-refractivity contribution in [2.45, 2.75) is 12.2 Å². The summed E-state index contributed by atoms with van der Waals surface area (Å²) < 4.78 is 34.8. The van der Waals surface area contributed by atoms with Crippen molar-refractivity contribution < 1.29 is 23.3 Å². The Morgan fingerprint density at radius 2 is 1.70 bits per heavy atom. The van der Waals surface area contributed by atoms with Crippen molar-refractivity contribution in [3.63, 3.8) is 0 Å². The molecule has 1 saturated heterocycles. The number of para-hydroxylation sites is 2. The third-order valence-corrected chi connectivity index (χ3v) is 2.96. The lowest BCUT2D eigenvalue weighted by atomic mass is 10.2. The van der Waals surface area contributed by atoms with Gasteiger partial charge in [-0.3, -0.25) is 9.59 Å². The summed E-state index contributed by atoms with van der Waals surface area (Å²) in [7, 11) is 1.39. The fraction of sp³-hybridized carbons (Fsp3) is 0.200. The van der Waals surface area contributed by atoms with E-state index in [2.05, 4.69) is 9.97 Å². The molecule has 0 atom stereocenters. The number of benzene rings is 1. The fourth-order valence-electron chi connectivity index (χ4n) is 1.92. The van der Waals surface area contributed by atoms with Gasteiger partial charge >= 0.3 is 0 Å². The first kappa shape index (κ1) is 11.4. The highest BCUT2D eigenvalue weighted by molar-refractivity contribution is 6.05. The Morgan fingerprint density at radius 1 is 1.09 bits per heavy atom. The number of carbonyl (C=O) groups is 2. The smallest absolute Gasteiger partial charge is 0.272 e. The van der Waals surface area contributed by atoms with Crippen LogP contribution in [0, 0.1) is 0 Å². The molecule has 0 bridgehead atoms. The van der Waals surface area contributed by atoms with Gasteiger partial charge in [0.05, 0.1) is 8.48 Å². The zero-order valence-electron chi connectivity index (χ0n) is 15.0. The summed E-state index contributed by atoms with van der Waals surface area (Å²) >= 11 is 0. The van der Waals surface area contributed by atoms with Crippen molar-refractivity contribution in [2.75, 3.05) is 7.11 Å². The molecule has 2 heterocycles. The molecule has 1 aromatic carbocycles. The van der Waals surface area contributed by atoms with Crippen LogP contribution in [0.4, 0.5) is 0 Å². The third-order valence-electron chi connectivity index (χ3n) is 2.96. The Kier molecular flexibility index (Phi) is 3.13. The van der Waals surface area contributed by atoms with Gasteiger partial charge in [-0.25, -0.2) is 9.97 Å². The number of amides is 2. The van der Waals surface area contributed by atoms with Crippen LogP contribution in [-0.2, 0) is 9.59 Å². The van der Waals surface area contributed by atoms with Gasteiger partial charge in [0.2, 0.25) is 0 Å². The molecule has 2 aromatic rings. The predicted molar refractivity (Wildman–Crippen MR) is 78.5 cm³/mol. The lowest BCUT2D eigenvalue weighted by Gasteiger charge is -2.29. The third kappa shape index (κ3) is 3.05. The monoisotopic (exact) mass is 317 g/mol. The number of nitrogens with one attached hydrogen (secondary N) is 2. The Morgan fingerprint density at radius 3 is 2.30 bits per heavy atom. The minimum atomic E-state index is -2.53. The lowest BCUT2D eigenvalue weighted by molar-refractivity contribution is -0.144. The lowest BCUT2D eigenvalue weighted by Crippen LogP contribution is -2.59. The number of carbonyl (C=O) groups excluding carboxylic acids is 2. The maximum absolute atomic E-state index is 12.5. The molecule has 2 amide bonds. The van der Waals surface area contributed by atoms with E-state index in [9.17, 15) is 9.59 Å². The van der Waals surface area contributed by atoms with Crippen molar-refractivity contribution in [3.05, 3.63) is 48.5 Å². The first-order chi connectivity index (χ1) is 12.4. The normalized spacial score (nSPS) is 26.3. The van der Waals surface area contributed by atoms with Crippen molar-refractivity contribution in [1.82, 2.24) is 20.6 Å². The number of rotatable bonds is 4. The molecule has 118 valence electrons. The quantitative estimate of drug-likeness (QED) is 0.780. The minimum Gasteiger partial charge on any atom is -0.493 e. The summed E-state index contributed by atoms with van der Waals surface area (Å²) in [4.78, 5) is 32.7. The second-order valence-electron chi connectivity index (χ2n) is 4.44. The van der Waals surface area contributed by atoms with Gasteiger partial charge in [-0.1, -0.05) is 12.1 Å². The van der Waals surface area contributed by atoms with E-state index in [0.29, 0.717) is 0 Å². The number of methoxy groups -OCH3 is 1. The molecule has 0 saturated carbocycles. The average Bonchev–Trinajstić information content (AvgIpc) is 2.69. The maximum atomic E-state index is 12.5. The Labute approximate surface area is 136 Å². The van der Waals surface area contributed by atoms with E-state index in [4.69, 9.17) is 13.7 Å². The Hall–Kier alpha value is -3.16. The molecule has 2 N–H and O–H groups in total. The van der Waals surface area contributed by atoms with E-state index in [1.54, 1.807) is 18.2 Å². The van der Waals surface area contributed by atoms with E-state index in [-0.39, 0.29) is 27.9 Å². The van der Waals surface area contributed by atoms with Gasteiger partial charge in [0.1, 0.15) is 0 Å². The SMILES string of the molecule is [2H]N1C(=O)C(Oc2ccccc2OC)C(=O)N([2H])C1([2H])c1ncccn1. The highest BCUT2D eigenvalue weighted by atomic mass is 16.5. The zero-order valence-corrected chi connectivity index (χ0v) is 12.0. The molecule has 8 nitrogen and oxygen atoms in total. The molecule has 1 fully saturated rings. The predicted octanol–water partition coefficient (Wildman–Crippen LogP) is 0.177. The summed E-state index contributed by atoms with van der Waals surface area (Å²) in [6.45, 7) is 0. The van der Waals surface area contributed by atoms with Crippen LogP contribution in [-0.4, -0.2) is 35.0 Å². The number of ether oxygens (including phenoxy) is 2. The van der Waals surface area contributed by atoms with Gasteiger partial charge in [0.25, 0.3) is 17.9 Å². The molecule has 23 heavy (non-hydrogen) atoms. The largest absolute Gasteiger partial charge is 0.493 e. The van der Waals surface area contributed by atoms with E-state index in [1.165, 1.54) is 31.6 Å². The van der Waals surface area contributed by atoms with Crippen LogP contribution in [0.25, 0.3) is 0 Å². The summed E-state index contributed by atoms with van der Waals surface area (Å²) in [6.07, 6.45) is -1.77. The summed E-state index contributed by atoms with van der Waals surface area (Å²) in [5, 5.41) is 0.299. The van der Waals surface area contributed by atoms with Crippen LogP contribution >= 0.6 is 0 Å². The van der Waals surface area contributed by atoms with Crippen LogP contribution in [0.3, 0.4) is 0 Å². The number of hydrogen-bond acceptors (Lipinski definition) is 6. The molecule has 1 aromatic heterocycles. The second kappa shape index (κ2) is 6.30. The molecular formula is C15H14N4O4. The maximum Gasteiger partial charge on any atom is 0.272 e. The van der Waals surface area contributed by atoms with Crippen LogP contribution in [0.5, 0.6) is 11.5 Å². The Bertz CT molecular complexity index is 817. The summed E-state index contributed by atoms with van der Waals surface area (Å²) in [5.74, 6) is -2.23. The molecular weight excluding hydrogens is 300 g/mol. The highest BCUT2D eigenvalue weighted by Gasteiger charge is 2.38. The van der Waals surface area contributed by atoms with Gasteiger partial charge < -0.3 is 20.1 Å². The van der Waals surface area contributed by atoms with Crippen molar-refractivity contribution in [1.29, 1.82) is 0 Å². The summed E-state index contributed by atoms with van der Waals surface area (Å²) in [6, 6.07) is 7.79. The topological polar surface area (TPSA) is 102 Å². The van der Waals surface area contributed by atoms with Crippen molar-refractivity contribution in [3.8, 4) is 11.5 Å². The first-order valence-corrected chi connectivity index (χ1v) is 6.64. The fourth-order valence-corrected chi connectivity index (χ4v) is 1.92. The van der Waals surface area contributed by atoms with E-state index in [0.717, 1.165) is 0 Å². The first-order valence-electron chi connectivity index (χ1n) is 8.03. The van der Waals surface area contributed by atoms with Crippen molar-refractivity contribution >= 4 is 11.8 Å².